The third-order valence-electron chi connectivity index (χ3n) is 2.48. The van der Waals surface area contributed by atoms with Gasteiger partial charge in [-0.3, -0.25) is 10.1 Å². The first-order valence-corrected chi connectivity index (χ1v) is 5.40. The van der Waals surface area contributed by atoms with Crippen LogP contribution >= 0.6 is 12.2 Å². The van der Waals surface area contributed by atoms with Gasteiger partial charge in [0, 0.05) is 0 Å². The van der Waals surface area contributed by atoms with Gasteiger partial charge < -0.3 is 10.3 Å². The van der Waals surface area contributed by atoms with E-state index in [-0.39, 0.29) is 5.91 Å². The Kier molecular flexibility index (Phi) is 2.15. The molecule has 2 aromatic rings. The van der Waals surface area contributed by atoms with Crippen molar-refractivity contribution in [1.29, 1.82) is 0 Å². The minimum atomic E-state index is -0.211. The SMILES string of the molecule is O=C1NC(=S)N/C1=C\c1ccc2[nH]cnc2c1. The Bertz CT molecular complexity index is 658. The molecule has 1 fully saturated rings. The van der Waals surface area contributed by atoms with Crippen molar-refractivity contribution in [1.82, 2.24) is 20.6 Å². The molecule has 0 unspecified atom stereocenters. The van der Waals surface area contributed by atoms with E-state index in [9.17, 15) is 4.79 Å². The van der Waals surface area contributed by atoms with E-state index in [1.807, 2.05) is 18.2 Å². The zero-order chi connectivity index (χ0) is 11.8. The number of imidazole rings is 1. The molecule has 84 valence electrons. The molecule has 1 aromatic heterocycles. The molecule has 0 aliphatic carbocycles. The van der Waals surface area contributed by atoms with Crippen LogP contribution in [0.3, 0.4) is 0 Å². The maximum absolute atomic E-state index is 11.5. The van der Waals surface area contributed by atoms with Crippen LogP contribution in [-0.4, -0.2) is 21.0 Å². The van der Waals surface area contributed by atoms with Gasteiger partial charge in [0.2, 0.25) is 0 Å². The molecule has 3 rings (SSSR count). The Balaban J connectivity index is 2.01. The monoisotopic (exact) mass is 244 g/mol. The number of hydrogen-bond donors (Lipinski definition) is 3. The van der Waals surface area contributed by atoms with Gasteiger partial charge in [-0.05, 0) is 36.0 Å². The van der Waals surface area contributed by atoms with Gasteiger partial charge in [0.1, 0.15) is 5.70 Å². The lowest BCUT2D eigenvalue weighted by Crippen LogP contribution is -2.21. The highest BCUT2D eigenvalue weighted by molar-refractivity contribution is 7.80. The molecular formula is C11H8N4OS. The van der Waals surface area contributed by atoms with Crippen molar-refractivity contribution in [2.45, 2.75) is 0 Å². The molecular weight excluding hydrogens is 236 g/mol. The number of nitrogens with zero attached hydrogens (tertiary/aromatic N) is 1. The number of amides is 1. The van der Waals surface area contributed by atoms with E-state index in [1.165, 1.54) is 0 Å². The lowest BCUT2D eigenvalue weighted by Gasteiger charge is -1.96. The second-order valence-corrected chi connectivity index (χ2v) is 4.05. The molecule has 0 radical (unpaired) electrons. The van der Waals surface area contributed by atoms with Gasteiger partial charge in [0.15, 0.2) is 5.11 Å². The molecule has 1 aliphatic rings. The topological polar surface area (TPSA) is 69.8 Å². The Morgan fingerprint density at radius 1 is 1.29 bits per heavy atom. The number of nitrogens with one attached hydrogen (secondary N) is 3. The van der Waals surface area contributed by atoms with E-state index >= 15 is 0 Å². The van der Waals surface area contributed by atoms with Crippen LogP contribution in [0.25, 0.3) is 17.1 Å². The molecule has 0 saturated carbocycles. The minimum Gasteiger partial charge on any atom is -0.345 e. The molecule has 17 heavy (non-hydrogen) atoms. The van der Waals surface area contributed by atoms with E-state index < -0.39 is 0 Å². The Labute approximate surface area is 102 Å². The van der Waals surface area contributed by atoms with E-state index in [0.29, 0.717) is 10.8 Å². The fourth-order valence-electron chi connectivity index (χ4n) is 1.69. The number of carbonyl (C=O) groups excluding carboxylic acids is 1. The summed E-state index contributed by atoms with van der Waals surface area (Å²) in [6.45, 7) is 0. The summed E-state index contributed by atoms with van der Waals surface area (Å²) in [5.74, 6) is -0.211. The second-order valence-electron chi connectivity index (χ2n) is 3.65. The third kappa shape index (κ3) is 1.78. The first-order valence-electron chi connectivity index (χ1n) is 4.99. The number of thiocarbonyl (C=S) groups is 1. The van der Waals surface area contributed by atoms with Crippen LogP contribution in [-0.2, 0) is 4.79 Å². The van der Waals surface area contributed by atoms with Gasteiger partial charge in [-0.25, -0.2) is 4.98 Å². The van der Waals surface area contributed by atoms with Crippen LogP contribution in [0.5, 0.6) is 0 Å². The third-order valence-corrected chi connectivity index (χ3v) is 2.68. The molecule has 0 bridgehead atoms. The van der Waals surface area contributed by atoms with Crippen molar-refractivity contribution in [3.63, 3.8) is 0 Å². The van der Waals surface area contributed by atoms with Crippen molar-refractivity contribution in [3.8, 4) is 0 Å². The number of H-pyrrole nitrogens is 1. The molecule has 6 heteroatoms. The molecule has 5 nitrogen and oxygen atoms in total. The Hall–Kier alpha value is -2.21. The van der Waals surface area contributed by atoms with Crippen LogP contribution in [0.1, 0.15) is 5.56 Å². The fraction of sp³-hybridized carbons (Fsp3) is 0. The van der Waals surface area contributed by atoms with Gasteiger partial charge in [0.05, 0.1) is 17.4 Å². The lowest BCUT2D eigenvalue weighted by molar-refractivity contribution is -0.115. The van der Waals surface area contributed by atoms with E-state index in [2.05, 4.69) is 20.6 Å². The Morgan fingerprint density at radius 3 is 2.94 bits per heavy atom. The predicted octanol–water partition coefficient (Wildman–Crippen LogP) is 0.908. The molecule has 2 heterocycles. The molecule has 1 amide bonds. The van der Waals surface area contributed by atoms with Crippen LogP contribution in [0.4, 0.5) is 0 Å². The number of carbonyl (C=O) groups is 1. The molecule has 3 N–H and O–H groups in total. The van der Waals surface area contributed by atoms with Crippen LogP contribution in [0, 0.1) is 0 Å². The highest BCUT2D eigenvalue weighted by Crippen LogP contribution is 2.14. The maximum Gasteiger partial charge on any atom is 0.273 e. The first kappa shape index (κ1) is 9.98. The van der Waals surface area contributed by atoms with Crippen molar-refractivity contribution < 1.29 is 4.79 Å². The number of benzene rings is 1. The van der Waals surface area contributed by atoms with E-state index in [4.69, 9.17) is 12.2 Å². The summed E-state index contributed by atoms with van der Waals surface area (Å²) in [5.41, 5.74) is 3.17. The molecule has 0 atom stereocenters. The Morgan fingerprint density at radius 2 is 2.18 bits per heavy atom. The summed E-state index contributed by atoms with van der Waals surface area (Å²) in [5, 5.41) is 5.64. The van der Waals surface area contributed by atoms with E-state index in [1.54, 1.807) is 12.4 Å². The number of rotatable bonds is 1. The standard InChI is InChI=1S/C11H8N4OS/c16-10-9(14-11(17)15-10)4-6-1-2-7-8(3-6)13-5-12-7/h1-5H,(H,12,13)(H2,14,15,16,17)/b9-4-. The van der Waals surface area contributed by atoms with Crippen LogP contribution in [0.2, 0.25) is 0 Å². The summed E-state index contributed by atoms with van der Waals surface area (Å²) in [7, 11) is 0. The van der Waals surface area contributed by atoms with Gasteiger partial charge in [-0.1, -0.05) is 6.07 Å². The largest absolute Gasteiger partial charge is 0.345 e. The van der Waals surface area contributed by atoms with Gasteiger partial charge in [-0.15, -0.1) is 0 Å². The quantitative estimate of drug-likeness (QED) is 0.515. The molecule has 1 aliphatic heterocycles. The normalized spacial score (nSPS) is 17.5. The van der Waals surface area contributed by atoms with Crippen LogP contribution in [0.15, 0.2) is 30.2 Å². The van der Waals surface area contributed by atoms with Crippen molar-refractivity contribution >= 4 is 40.3 Å². The number of fused-ring (bicyclic) bond motifs is 1. The smallest absolute Gasteiger partial charge is 0.273 e. The summed E-state index contributed by atoms with van der Waals surface area (Å²) < 4.78 is 0. The summed E-state index contributed by atoms with van der Waals surface area (Å²) in [6, 6.07) is 5.72. The van der Waals surface area contributed by atoms with Crippen molar-refractivity contribution in [2.24, 2.45) is 0 Å². The second kappa shape index (κ2) is 3.67. The zero-order valence-corrected chi connectivity index (χ0v) is 9.47. The van der Waals surface area contributed by atoms with Crippen LogP contribution < -0.4 is 10.6 Å². The lowest BCUT2D eigenvalue weighted by atomic mass is 10.1. The minimum absolute atomic E-state index is 0.211. The average Bonchev–Trinajstić information content (AvgIpc) is 2.85. The van der Waals surface area contributed by atoms with Gasteiger partial charge in [-0.2, -0.15) is 0 Å². The zero-order valence-electron chi connectivity index (χ0n) is 8.65. The average molecular weight is 244 g/mol. The fourth-order valence-corrected chi connectivity index (χ4v) is 1.89. The summed E-state index contributed by atoms with van der Waals surface area (Å²) >= 11 is 4.85. The molecule has 0 spiro atoms. The van der Waals surface area contributed by atoms with Crippen molar-refractivity contribution in [2.75, 3.05) is 0 Å². The number of hydrogen-bond acceptors (Lipinski definition) is 3. The first-order chi connectivity index (χ1) is 8.22. The number of aromatic amines is 1. The summed E-state index contributed by atoms with van der Waals surface area (Å²) in [6.07, 6.45) is 3.37. The van der Waals surface area contributed by atoms with Crippen molar-refractivity contribution in [3.05, 3.63) is 35.8 Å². The summed E-state index contributed by atoms with van der Waals surface area (Å²) in [4.78, 5) is 18.6. The highest BCUT2D eigenvalue weighted by atomic mass is 32.1. The predicted molar refractivity (Wildman–Crippen MR) is 67.9 cm³/mol. The van der Waals surface area contributed by atoms with E-state index in [0.717, 1.165) is 16.6 Å². The highest BCUT2D eigenvalue weighted by Gasteiger charge is 2.19. The molecule has 1 aromatic carbocycles. The van der Waals surface area contributed by atoms with Gasteiger partial charge >= 0.3 is 0 Å². The van der Waals surface area contributed by atoms with Gasteiger partial charge in [0.25, 0.3) is 5.91 Å². The molecule has 1 saturated heterocycles. The number of aromatic nitrogens is 2. The maximum atomic E-state index is 11.5.